The Morgan fingerprint density at radius 2 is 1.71 bits per heavy atom. The average Bonchev–Trinajstić information content (AvgIpc) is 2.47. The minimum atomic E-state index is -0.451. The first-order valence-corrected chi connectivity index (χ1v) is 7.00. The van der Waals surface area contributed by atoms with Crippen molar-refractivity contribution in [2.45, 2.75) is 19.8 Å². The fourth-order valence-electron chi connectivity index (χ4n) is 2.72. The van der Waals surface area contributed by atoms with Crippen LogP contribution in [0.15, 0.2) is 52.1 Å². The third kappa shape index (κ3) is 2.52. The van der Waals surface area contributed by atoms with Gasteiger partial charge in [0.25, 0.3) is 5.56 Å². The Morgan fingerprint density at radius 3 is 2.52 bits per heavy atom. The van der Waals surface area contributed by atoms with Gasteiger partial charge in [0.15, 0.2) is 0 Å². The van der Waals surface area contributed by atoms with Gasteiger partial charge in [-0.1, -0.05) is 49.4 Å². The fourth-order valence-corrected chi connectivity index (χ4v) is 2.72. The third-order valence-electron chi connectivity index (χ3n) is 3.73. The molecule has 3 aromatic rings. The van der Waals surface area contributed by atoms with Gasteiger partial charge < -0.3 is 4.98 Å². The molecular weight excluding hydrogens is 264 g/mol. The molecular formula is C17H16N2O2. The highest BCUT2D eigenvalue weighted by molar-refractivity contribution is 5.85. The molecule has 4 heteroatoms. The summed E-state index contributed by atoms with van der Waals surface area (Å²) in [6, 6.07) is 14.2. The van der Waals surface area contributed by atoms with Gasteiger partial charge in [-0.3, -0.25) is 9.78 Å². The molecule has 0 saturated carbocycles. The number of nitrogens with one attached hydrogen (secondary N) is 2. The molecule has 0 aliphatic carbocycles. The summed E-state index contributed by atoms with van der Waals surface area (Å²) in [6.45, 7) is 1.91. The molecule has 21 heavy (non-hydrogen) atoms. The Hall–Kier alpha value is -2.62. The zero-order valence-corrected chi connectivity index (χ0v) is 11.8. The van der Waals surface area contributed by atoms with Crippen LogP contribution in [0.1, 0.15) is 23.7 Å². The molecule has 1 heterocycles. The van der Waals surface area contributed by atoms with Crippen LogP contribution in [-0.2, 0) is 12.8 Å². The Morgan fingerprint density at radius 1 is 0.952 bits per heavy atom. The lowest BCUT2D eigenvalue weighted by atomic mass is 9.99. The normalized spacial score (nSPS) is 10.9. The first-order valence-electron chi connectivity index (χ1n) is 7.00. The monoisotopic (exact) mass is 280 g/mol. The number of hydrogen-bond donors (Lipinski definition) is 2. The molecule has 0 saturated heterocycles. The van der Waals surface area contributed by atoms with E-state index < -0.39 is 5.69 Å². The van der Waals surface area contributed by atoms with E-state index in [4.69, 9.17) is 0 Å². The highest BCUT2D eigenvalue weighted by atomic mass is 16.2. The van der Waals surface area contributed by atoms with Crippen LogP contribution in [0.4, 0.5) is 0 Å². The Balaban J connectivity index is 2.15. The van der Waals surface area contributed by atoms with Crippen molar-refractivity contribution in [2.75, 3.05) is 0 Å². The van der Waals surface area contributed by atoms with Crippen molar-refractivity contribution in [1.29, 1.82) is 0 Å². The summed E-state index contributed by atoms with van der Waals surface area (Å²) in [5.74, 6) is 0. The minimum Gasteiger partial charge on any atom is -0.311 e. The van der Waals surface area contributed by atoms with Crippen LogP contribution in [0.2, 0.25) is 0 Å². The van der Waals surface area contributed by atoms with Crippen molar-refractivity contribution in [3.63, 3.8) is 0 Å². The van der Waals surface area contributed by atoms with Crippen LogP contribution in [0.3, 0.4) is 0 Å². The maximum Gasteiger partial charge on any atom is 0.325 e. The minimum absolute atomic E-state index is 0.295. The van der Waals surface area contributed by atoms with E-state index in [-0.39, 0.29) is 5.56 Å². The summed E-state index contributed by atoms with van der Waals surface area (Å²) >= 11 is 0. The molecule has 0 spiro atoms. The van der Waals surface area contributed by atoms with E-state index in [9.17, 15) is 9.59 Å². The van der Waals surface area contributed by atoms with E-state index in [0.717, 1.165) is 16.3 Å². The smallest absolute Gasteiger partial charge is 0.311 e. The van der Waals surface area contributed by atoms with Crippen LogP contribution in [-0.4, -0.2) is 9.97 Å². The lowest BCUT2D eigenvalue weighted by molar-refractivity contribution is 0.891. The van der Waals surface area contributed by atoms with Crippen LogP contribution < -0.4 is 11.2 Å². The zero-order valence-electron chi connectivity index (χ0n) is 11.8. The lowest BCUT2D eigenvalue weighted by Crippen LogP contribution is -2.28. The lowest BCUT2D eigenvalue weighted by Gasteiger charge is -2.09. The Kier molecular flexibility index (Phi) is 3.44. The van der Waals surface area contributed by atoms with Gasteiger partial charge in [-0.2, -0.15) is 0 Å². The molecule has 3 rings (SSSR count). The maximum atomic E-state index is 11.9. The quantitative estimate of drug-likeness (QED) is 0.773. The molecule has 0 radical (unpaired) electrons. The molecule has 2 N–H and O–H groups in total. The number of fused-ring (bicyclic) bond motifs is 1. The fraction of sp³-hybridized carbons (Fsp3) is 0.176. The van der Waals surface area contributed by atoms with Crippen LogP contribution in [0, 0.1) is 0 Å². The number of aromatic amines is 2. The largest absolute Gasteiger partial charge is 0.325 e. The van der Waals surface area contributed by atoms with Gasteiger partial charge in [-0.25, -0.2) is 4.79 Å². The van der Waals surface area contributed by atoms with Gasteiger partial charge in [0, 0.05) is 17.7 Å². The van der Waals surface area contributed by atoms with Gasteiger partial charge in [0.2, 0.25) is 0 Å². The van der Waals surface area contributed by atoms with Gasteiger partial charge in [-0.05, 0) is 22.8 Å². The van der Waals surface area contributed by atoms with E-state index in [1.54, 1.807) is 0 Å². The van der Waals surface area contributed by atoms with E-state index in [1.807, 2.05) is 31.2 Å². The van der Waals surface area contributed by atoms with Gasteiger partial charge in [0.05, 0.1) is 0 Å². The molecule has 0 aliphatic rings. The average molecular weight is 280 g/mol. The topological polar surface area (TPSA) is 65.7 Å². The molecule has 106 valence electrons. The molecule has 0 bridgehead atoms. The molecule has 0 unspecified atom stereocenters. The highest BCUT2D eigenvalue weighted by Gasteiger charge is 2.09. The van der Waals surface area contributed by atoms with E-state index in [0.29, 0.717) is 24.1 Å². The molecule has 4 nitrogen and oxygen atoms in total. The van der Waals surface area contributed by atoms with Gasteiger partial charge in [-0.15, -0.1) is 0 Å². The first-order chi connectivity index (χ1) is 10.2. The van der Waals surface area contributed by atoms with Crippen LogP contribution in [0.25, 0.3) is 10.8 Å². The summed E-state index contributed by atoms with van der Waals surface area (Å²) in [6.07, 6.45) is 1.13. The highest BCUT2D eigenvalue weighted by Crippen LogP contribution is 2.21. The van der Waals surface area contributed by atoms with Crippen molar-refractivity contribution < 1.29 is 0 Å². The number of H-pyrrole nitrogens is 2. The molecule has 2 aromatic carbocycles. The molecule has 0 amide bonds. The zero-order chi connectivity index (χ0) is 14.8. The number of benzene rings is 2. The van der Waals surface area contributed by atoms with Crippen LogP contribution >= 0.6 is 0 Å². The second-order valence-electron chi connectivity index (χ2n) is 5.03. The number of hydrogen-bond acceptors (Lipinski definition) is 2. The Labute approximate surface area is 121 Å². The van der Waals surface area contributed by atoms with Crippen molar-refractivity contribution in [1.82, 2.24) is 9.97 Å². The molecule has 1 aromatic heterocycles. The maximum absolute atomic E-state index is 11.9. The van der Waals surface area contributed by atoms with E-state index >= 15 is 0 Å². The SMILES string of the molecule is CCc1c(Cc2cccc3ccccc23)[nH]c(=O)[nH]c1=O. The summed E-state index contributed by atoms with van der Waals surface area (Å²) < 4.78 is 0. The summed E-state index contributed by atoms with van der Waals surface area (Å²) in [7, 11) is 0. The second-order valence-corrected chi connectivity index (χ2v) is 5.03. The summed E-state index contributed by atoms with van der Waals surface area (Å²) in [5.41, 5.74) is 1.69. The molecule has 0 fully saturated rings. The van der Waals surface area contributed by atoms with Gasteiger partial charge in [0.1, 0.15) is 0 Å². The van der Waals surface area contributed by atoms with Crippen molar-refractivity contribution in [3.8, 4) is 0 Å². The van der Waals surface area contributed by atoms with Crippen molar-refractivity contribution in [2.24, 2.45) is 0 Å². The summed E-state index contributed by atoms with van der Waals surface area (Å²) in [4.78, 5) is 28.4. The molecule has 0 aliphatic heterocycles. The second kappa shape index (κ2) is 5.40. The summed E-state index contributed by atoms with van der Waals surface area (Å²) in [5, 5.41) is 2.29. The van der Waals surface area contributed by atoms with Crippen LogP contribution in [0.5, 0.6) is 0 Å². The predicted molar refractivity (Wildman–Crippen MR) is 83.8 cm³/mol. The van der Waals surface area contributed by atoms with Gasteiger partial charge >= 0.3 is 5.69 Å². The third-order valence-corrected chi connectivity index (χ3v) is 3.73. The predicted octanol–water partition coefficient (Wildman–Crippen LogP) is 2.37. The number of aromatic nitrogens is 2. The van der Waals surface area contributed by atoms with E-state index in [2.05, 4.69) is 28.2 Å². The van der Waals surface area contributed by atoms with Crippen molar-refractivity contribution in [3.05, 3.63) is 80.1 Å². The number of rotatable bonds is 3. The van der Waals surface area contributed by atoms with Crippen molar-refractivity contribution >= 4 is 10.8 Å². The van der Waals surface area contributed by atoms with E-state index in [1.165, 1.54) is 0 Å². The standard InChI is InChI=1S/C17H16N2O2/c1-2-13-15(18-17(21)19-16(13)20)10-12-8-5-7-11-6-3-4-9-14(11)12/h3-9H,2,10H2,1H3,(H2,18,19,20,21). The first kappa shape index (κ1) is 13.4. The molecule has 0 atom stereocenters. The Bertz CT molecular complexity index is 901.